The van der Waals surface area contributed by atoms with Crippen molar-refractivity contribution in [2.75, 3.05) is 18.0 Å². The van der Waals surface area contributed by atoms with Crippen LogP contribution in [0.25, 0.3) is 5.95 Å². The quantitative estimate of drug-likeness (QED) is 0.608. The lowest BCUT2D eigenvalue weighted by Gasteiger charge is -2.37. The van der Waals surface area contributed by atoms with Crippen LogP contribution in [0.2, 0.25) is 5.02 Å². The molecule has 2 aliphatic rings. The Balaban J connectivity index is 1.64. The minimum absolute atomic E-state index is 0.0708. The van der Waals surface area contributed by atoms with Crippen LogP contribution < -0.4 is 15.4 Å². The Hall–Kier alpha value is -2.65. The minimum Gasteiger partial charge on any atom is -0.424 e. The van der Waals surface area contributed by atoms with Gasteiger partial charge in [0, 0.05) is 39.5 Å². The van der Waals surface area contributed by atoms with Crippen LogP contribution >= 0.6 is 11.6 Å². The second-order valence-corrected chi connectivity index (χ2v) is 8.68. The summed E-state index contributed by atoms with van der Waals surface area (Å²) in [7, 11) is 0. The third-order valence-corrected chi connectivity index (χ3v) is 6.40. The summed E-state index contributed by atoms with van der Waals surface area (Å²) in [5.41, 5.74) is 6.98. The van der Waals surface area contributed by atoms with Gasteiger partial charge in [0.1, 0.15) is 17.4 Å². The van der Waals surface area contributed by atoms with E-state index >= 15 is 0 Å². The van der Waals surface area contributed by atoms with Crippen molar-refractivity contribution in [2.24, 2.45) is 17.6 Å². The molecule has 2 bridgehead atoms. The molecule has 0 spiro atoms. The normalized spacial score (nSPS) is 27.1. The Bertz CT molecular complexity index is 1360. The summed E-state index contributed by atoms with van der Waals surface area (Å²) in [6.07, 6.45) is 2.03. The maximum Gasteiger partial charge on any atom is 0.322 e. The molecule has 10 heteroatoms. The van der Waals surface area contributed by atoms with Crippen molar-refractivity contribution in [2.45, 2.75) is 45.5 Å². The molecule has 2 N–H and O–H groups in total. The van der Waals surface area contributed by atoms with Crippen LogP contribution in [0.5, 0.6) is 11.8 Å². The fraction of sp³-hybridized carbons (Fsp3) is 0.500. The fourth-order valence-electron chi connectivity index (χ4n) is 4.54. The third kappa shape index (κ3) is 3.73. The Kier molecular flexibility index (Phi) is 3.64. The topological polar surface area (TPSA) is 87.0 Å². The van der Waals surface area contributed by atoms with Crippen LogP contribution in [0.15, 0.2) is 24.3 Å². The monoisotopic (exact) mass is 466 g/mol. The molecule has 8 nitrogen and oxygen atoms in total. The first kappa shape index (κ1) is 14.5. The van der Waals surface area contributed by atoms with Gasteiger partial charge in [0.2, 0.25) is 0 Å². The molecule has 170 valence electrons. The second-order valence-electron chi connectivity index (χ2n) is 8.27. The number of nitrogens with two attached hydrogens (primary N) is 1. The highest BCUT2D eigenvalue weighted by Gasteiger charge is 2.40. The van der Waals surface area contributed by atoms with Gasteiger partial charge in [-0.05, 0) is 57.4 Å². The van der Waals surface area contributed by atoms with Gasteiger partial charge >= 0.3 is 6.01 Å². The summed E-state index contributed by atoms with van der Waals surface area (Å²) in [5.74, 6) is 0.215. The van der Waals surface area contributed by atoms with Crippen molar-refractivity contribution in [3.05, 3.63) is 40.8 Å². The average Bonchev–Trinajstić information content (AvgIpc) is 3.47. The van der Waals surface area contributed by atoms with Crippen LogP contribution in [0.3, 0.4) is 0 Å². The number of aryl methyl sites for hydroxylation is 1. The van der Waals surface area contributed by atoms with Gasteiger partial charge in [-0.3, -0.25) is 0 Å². The predicted molar refractivity (Wildman–Crippen MR) is 120 cm³/mol. The number of hydrogen-bond donors (Lipinski definition) is 1. The Labute approximate surface area is 200 Å². The molecule has 1 aromatic carbocycles. The summed E-state index contributed by atoms with van der Waals surface area (Å²) in [5, 5.41) is 8.36. The number of anilines is 1. The number of halogens is 2. The van der Waals surface area contributed by atoms with Gasteiger partial charge in [-0.2, -0.15) is 14.8 Å². The molecule has 3 heterocycles. The van der Waals surface area contributed by atoms with Crippen LogP contribution in [0.1, 0.15) is 47.9 Å². The summed E-state index contributed by atoms with van der Waals surface area (Å²) in [6.45, 7) is -3.65. The van der Waals surface area contributed by atoms with Crippen molar-refractivity contribution in [3.63, 3.8) is 0 Å². The predicted octanol–water partition coefficient (Wildman–Crippen LogP) is 4.11. The number of nitrogens with zero attached hydrogens (tertiary/aromatic N) is 6. The van der Waals surface area contributed by atoms with E-state index in [9.17, 15) is 4.39 Å². The molecule has 3 aromatic rings. The highest BCUT2D eigenvalue weighted by molar-refractivity contribution is 6.30. The van der Waals surface area contributed by atoms with Gasteiger partial charge in [0.05, 0.1) is 18.1 Å². The van der Waals surface area contributed by atoms with Gasteiger partial charge in [-0.1, -0.05) is 11.6 Å². The fourth-order valence-corrected chi connectivity index (χ4v) is 4.72. The molecule has 1 saturated carbocycles. The Morgan fingerprint density at radius 3 is 2.69 bits per heavy atom. The van der Waals surface area contributed by atoms with Crippen molar-refractivity contribution in [3.8, 4) is 17.7 Å². The number of fused-ring (bicyclic) bond motifs is 2. The number of piperidine rings is 1. The van der Waals surface area contributed by atoms with Gasteiger partial charge in [0.25, 0.3) is 5.95 Å². The first-order valence-corrected chi connectivity index (χ1v) is 10.7. The molecule has 32 heavy (non-hydrogen) atoms. The van der Waals surface area contributed by atoms with E-state index in [-0.39, 0.29) is 22.8 Å². The highest BCUT2D eigenvalue weighted by atomic mass is 35.5. The molecule has 2 unspecified atom stereocenters. The smallest absolute Gasteiger partial charge is 0.322 e. The van der Waals surface area contributed by atoms with Crippen LogP contribution in [0, 0.1) is 24.6 Å². The van der Waals surface area contributed by atoms with Gasteiger partial charge in [-0.15, -0.1) is 5.10 Å². The minimum atomic E-state index is -3.38. The van der Waals surface area contributed by atoms with E-state index in [0.29, 0.717) is 41.1 Å². The Morgan fingerprint density at radius 1 is 1.25 bits per heavy atom. The summed E-state index contributed by atoms with van der Waals surface area (Å²) >= 11 is 5.86. The number of benzene rings is 1. The van der Waals surface area contributed by atoms with Crippen molar-refractivity contribution in [1.29, 1.82) is 0 Å². The largest absolute Gasteiger partial charge is 0.424 e. The third-order valence-electron chi connectivity index (χ3n) is 6.11. The maximum atomic E-state index is 13.7. The molecule has 1 aliphatic heterocycles. The van der Waals surface area contributed by atoms with E-state index in [2.05, 4.69) is 20.1 Å². The molecule has 5 rings (SSSR count). The molecule has 1 saturated heterocycles. The number of aromatic nitrogens is 5. The molecule has 0 amide bonds. The lowest BCUT2D eigenvalue weighted by Crippen LogP contribution is -2.49. The number of ether oxygens (including phenoxy) is 1. The summed E-state index contributed by atoms with van der Waals surface area (Å²) < 4.78 is 77.5. The lowest BCUT2D eigenvalue weighted by atomic mass is 9.93. The van der Waals surface area contributed by atoms with E-state index in [0.717, 1.165) is 25.0 Å². The van der Waals surface area contributed by atoms with Gasteiger partial charge < -0.3 is 15.4 Å². The van der Waals surface area contributed by atoms with Crippen LogP contribution in [-0.2, 0) is 0 Å². The van der Waals surface area contributed by atoms with Crippen molar-refractivity contribution < 1.29 is 18.7 Å². The first-order chi connectivity index (χ1) is 18.1. The average molecular weight is 467 g/mol. The molecule has 2 aromatic heterocycles. The summed E-state index contributed by atoms with van der Waals surface area (Å²) in [6, 6.07) is 1.36. The maximum absolute atomic E-state index is 13.7. The van der Waals surface area contributed by atoms with E-state index < -0.39 is 31.5 Å². The van der Waals surface area contributed by atoms with Crippen LogP contribution in [-0.4, -0.2) is 43.7 Å². The zero-order valence-corrected chi connectivity index (χ0v) is 18.1. The van der Waals surface area contributed by atoms with E-state index in [1.807, 2.05) is 6.07 Å². The molecule has 1 aliphatic carbocycles. The number of hydrogen-bond acceptors (Lipinski definition) is 6. The second kappa shape index (κ2) is 8.04. The van der Waals surface area contributed by atoms with Crippen molar-refractivity contribution in [1.82, 2.24) is 24.5 Å². The van der Waals surface area contributed by atoms with E-state index in [1.54, 1.807) is 6.92 Å². The van der Waals surface area contributed by atoms with Crippen LogP contribution in [0.4, 0.5) is 10.2 Å². The Morgan fingerprint density at radius 2 is 2.00 bits per heavy atom. The molecular formula is C22H27ClFN7O. The number of rotatable bonds is 5. The van der Waals surface area contributed by atoms with Gasteiger partial charge in [0.15, 0.2) is 0 Å². The standard InChI is InChI=1S/C22H27ClFN7O/c1-12(2)30-22(32-16-6-7-18(24)17(23)9-16)26-21(28-30)31-19(8-13(3)27-31)29-10-14-4-5-15(11-29)20(14)25/h6-9,12,14-15,20H,4-5,10-11,25H2,1-3H3/i1D3,2D3,12D. The molecular weight excluding hydrogens is 433 g/mol. The molecule has 2 fully saturated rings. The lowest BCUT2D eigenvalue weighted by molar-refractivity contribution is 0.353. The highest BCUT2D eigenvalue weighted by Crippen LogP contribution is 2.38. The van der Waals surface area contributed by atoms with Crippen molar-refractivity contribution >= 4 is 17.4 Å². The molecule has 0 radical (unpaired) electrons. The van der Waals surface area contributed by atoms with Gasteiger partial charge in [-0.25, -0.2) is 9.07 Å². The molecule has 2 atom stereocenters. The zero-order chi connectivity index (χ0) is 28.5. The summed E-state index contributed by atoms with van der Waals surface area (Å²) in [4.78, 5) is 6.39. The SMILES string of the molecule is [2H]C([2H])([2H])C([2H])(n1nc(-n2nc(C)cc2N2CC3CCC(C2)C3N)nc1Oc1ccc(F)c(Cl)c1)C([2H])([2H])[2H]. The first-order valence-electron chi connectivity index (χ1n) is 13.8. The van der Waals surface area contributed by atoms with E-state index in [4.69, 9.17) is 31.7 Å². The van der Waals surface area contributed by atoms with E-state index in [1.165, 1.54) is 10.7 Å². The zero-order valence-electron chi connectivity index (χ0n) is 24.3.